The minimum absolute atomic E-state index is 0.0318. The molecule has 0 radical (unpaired) electrons. The molecular formula is C32H31N3O6. The van der Waals surface area contributed by atoms with Crippen LogP contribution in [0.5, 0.6) is 0 Å². The van der Waals surface area contributed by atoms with E-state index in [1.54, 1.807) is 21.9 Å². The molecule has 9 heteroatoms. The van der Waals surface area contributed by atoms with Crippen molar-refractivity contribution in [1.29, 1.82) is 0 Å². The summed E-state index contributed by atoms with van der Waals surface area (Å²) < 4.78 is 0. The van der Waals surface area contributed by atoms with E-state index < -0.39 is 35.4 Å². The van der Waals surface area contributed by atoms with E-state index >= 15 is 0 Å². The number of carboxylic acids is 1. The molecule has 2 heterocycles. The maximum absolute atomic E-state index is 13.8. The van der Waals surface area contributed by atoms with Crippen LogP contribution in [0.15, 0.2) is 96.3 Å². The molecule has 0 aromatic heterocycles. The van der Waals surface area contributed by atoms with Gasteiger partial charge in [0.15, 0.2) is 0 Å². The molecule has 3 N–H and O–H groups in total. The largest absolute Gasteiger partial charge is 0.511 e. The molecule has 1 spiro atoms. The number of carbonyl (C=O) groups is 4. The molecule has 2 aliphatic rings. The maximum atomic E-state index is 13.8. The van der Waals surface area contributed by atoms with E-state index in [0.717, 1.165) is 16.7 Å². The van der Waals surface area contributed by atoms with Crippen LogP contribution in [0.2, 0.25) is 0 Å². The number of aliphatic carboxylic acids is 1. The van der Waals surface area contributed by atoms with Gasteiger partial charge in [0.25, 0.3) is 17.7 Å². The predicted molar refractivity (Wildman–Crippen MR) is 152 cm³/mol. The summed E-state index contributed by atoms with van der Waals surface area (Å²) >= 11 is 0. The minimum atomic E-state index is -1.26. The maximum Gasteiger partial charge on any atom is 0.322 e. The topological polar surface area (TPSA) is 127 Å². The second-order valence-corrected chi connectivity index (χ2v) is 10.4. The highest BCUT2D eigenvalue weighted by molar-refractivity contribution is 6.19. The summed E-state index contributed by atoms with van der Waals surface area (Å²) in [6.07, 6.45) is 0.852. The molecule has 1 saturated heterocycles. The fourth-order valence-electron chi connectivity index (χ4n) is 5.63. The number of carbonyl (C=O) groups excluding carboxylic acids is 3. The van der Waals surface area contributed by atoms with Gasteiger partial charge in [-0.15, -0.1) is 0 Å². The Morgan fingerprint density at radius 2 is 1.41 bits per heavy atom. The first-order valence-corrected chi connectivity index (χ1v) is 13.5. The van der Waals surface area contributed by atoms with E-state index in [-0.39, 0.29) is 24.6 Å². The Bertz CT molecular complexity index is 1480. The fourth-order valence-corrected chi connectivity index (χ4v) is 5.63. The van der Waals surface area contributed by atoms with Crippen LogP contribution >= 0.6 is 0 Å². The highest BCUT2D eigenvalue weighted by Gasteiger charge is 2.49. The Balaban J connectivity index is 1.42. The number of aliphatic hydroxyl groups is 1. The third kappa shape index (κ3) is 5.84. The number of nitrogens with one attached hydrogen (secondary N) is 1. The number of aliphatic hydroxyl groups excluding tert-OH is 1. The van der Waals surface area contributed by atoms with Gasteiger partial charge in [-0.1, -0.05) is 72.8 Å². The highest BCUT2D eigenvalue weighted by atomic mass is 16.4. The molecule has 3 aromatic rings. The zero-order valence-corrected chi connectivity index (χ0v) is 22.5. The average Bonchev–Trinajstić information content (AvgIpc) is 2.99. The number of amides is 3. The van der Waals surface area contributed by atoms with Crippen molar-refractivity contribution in [2.45, 2.75) is 31.3 Å². The number of likely N-dealkylation sites (tertiary alicyclic amines) is 1. The Hall–Kier alpha value is -4.92. The van der Waals surface area contributed by atoms with Gasteiger partial charge in [-0.3, -0.25) is 19.2 Å². The zero-order chi connectivity index (χ0) is 29.0. The van der Waals surface area contributed by atoms with Crippen LogP contribution in [-0.2, 0) is 20.9 Å². The number of hydrogen-bond acceptors (Lipinski definition) is 5. The van der Waals surface area contributed by atoms with E-state index in [1.807, 2.05) is 72.8 Å². The molecule has 210 valence electrons. The second-order valence-electron chi connectivity index (χ2n) is 10.4. The summed E-state index contributed by atoms with van der Waals surface area (Å²) in [7, 11) is 0. The van der Waals surface area contributed by atoms with Gasteiger partial charge in [0.05, 0.1) is 5.54 Å². The van der Waals surface area contributed by atoms with Crippen molar-refractivity contribution in [3.63, 3.8) is 0 Å². The van der Waals surface area contributed by atoms with Gasteiger partial charge in [-0.05, 0) is 41.7 Å². The van der Waals surface area contributed by atoms with Crippen LogP contribution < -0.4 is 5.32 Å². The van der Waals surface area contributed by atoms with Gasteiger partial charge in [-0.25, -0.2) is 0 Å². The molecule has 41 heavy (non-hydrogen) atoms. The monoisotopic (exact) mass is 553 g/mol. The molecule has 2 aliphatic heterocycles. The quantitative estimate of drug-likeness (QED) is 0.382. The van der Waals surface area contributed by atoms with E-state index in [9.17, 15) is 24.3 Å². The first kappa shape index (κ1) is 27.6. The summed E-state index contributed by atoms with van der Waals surface area (Å²) in [4.78, 5) is 54.1. The molecular weight excluding hydrogens is 522 g/mol. The number of rotatable bonds is 7. The fraction of sp³-hybridized carbons (Fsp3) is 0.250. The molecule has 0 bridgehead atoms. The minimum Gasteiger partial charge on any atom is -0.511 e. The van der Waals surface area contributed by atoms with Crippen molar-refractivity contribution in [1.82, 2.24) is 15.1 Å². The van der Waals surface area contributed by atoms with Gasteiger partial charge in [0, 0.05) is 31.6 Å². The smallest absolute Gasteiger partial charge is 0.322 e. The highest BCUT2D eigenvalue weighted by Crippen LogP contribution is 2.41. The normalized spacial score (nSPS) is 16.5. The molecule has 0 saturated carbocycles. The predicted octanol–water partition coefficient (Wildman–Crippen LogP) is 3.77. The van der Waals surface area contributed by atoms with Crippen molar-refractivity contribution in [2.24, 2.45) is 0 Å². The van der Waals surface area contributed by atoms with Gasteiger partial charge in [0.1, 0.15) is 17.9 Å². The van der Waals surface area contributed by atoms with Crippen molar-refractivity contribution >= 4 is 23.7 Å². The third-order valence-electron chi connectivity index (χ3n) is 7.85. The van der Waals surface area contributed by atoms with Crippen molar-refractivity contribution in [2.75, 3.05) is 19.6 Å². The molecule has 0 unspecified atom stereocenters. The lowest BCUT2D eigenvalue weighted by molar-refractivity contribution is -0.143. The summed E-state index contributed by atoms with van der Waals surface area (Å²) in [5.74, 6) is -3.31. The number of hydrogen-bond donors (Lipinski definition) is 3. The molecule has 0 aliphatic carbocycles. The Morgan fingerprint density at radius 1 is 0.829 bits per heavy atom. The van der Waals surface area contributed by atoms with Crippen molar-refractivity contribution < 1.29 is 29.4 Å². The third-order valence-corrected chi connectivity index (χ3v) is 7.85. The molecule has 1 fully saturated rings. The van der Waals surface area contributed by atoms with E-state index in [4.69, 9.17) is 5.11 Å². The van der Waals surface area contributed by atoms with Gasteiger partial charge in [0.2, 0.25) is 0 Å². The van der Waals surface area contributed by atoms with Gasteiger partial charge < -0.3 is 25.3 Å². The van der Waals surface area contributed by atoms with Crippen LogP contribution in [0.4, 0.5) is 0 Å². The number of carboxylic acid groups (broad SMARTS) is 1. The van der Waals surface area contributed by atoms with Gasteiger partial charge in [-0.2, -0.15) is 0 Å². The van der Waals surface area contributed by atoms with Gasteiger partial charge >= 0.3 is 5.97 Å². The Morgan fingerprint density at radius 3 is 2.02 bits per heavy atom. The van der Waals surface area contributed by atoms with Crippen molar-refractivity contribution in [3.05, 3.63) is 107 Å². The summed E-state index contributed by atoms with van der Waals surface area (Å²) in [5.41, 5.74) is 2.24. The molecule has 5 rings (SSSR count). The number of benzene rings is 3. The summed E-state index contributed by atoms with van der Waals surface area (Å²) in [6.45, 7) is 0.256. The van der Waals surface area contributed by atoms with E-state index in [1.165, 1.54) is 0 Å². The lowest BCUT2D eigenvalue weighted by Gasteiger charge is -2.51. The molecule has 3 aromatic carbocycles. The Labute approximate surface area is 237 Å². The standard InChI is InChI=1S/C32H31N3O6/c36-26-19-32(15-17-34(18-16-32)30(40)25-9-5-2-6-10-25)35(31(41)28(26)29(39)33-20-27(37)38)21-22-11-13-24(14-12-22)23-7-3-1-4-8-23/h1-14,36H,15-21H2,(H,33,39)(H,37,38). The first-order chi connectivity index (χ1) is 19.8. The molecule has 3 amide bonds. The number of nitrogens with zero attached hydrogens (tertiary/aromatic N) is 2. The summed E-state index contributed by atoms with van der Waals surface area (Å²) in [6, 6.07) is 26.7. The zero-order valence-electron chi connectivity index (χ0n) is 22.5. The number of piperidine rings is 1. The second kappa shape index (κ2) is 11.7. The van der Waals surface area contributed by atoms with Crippen LogP contribution in [0, 0.1) is 0 Å². The lowest BCUT2D eigenvalue weighted by Crippen LogP contribution is -2.61. The summed E-state index contributed by atoms with van der Waals surface area (Å²) in [5, 5.41) is 22.1. The van der Waals surface area contributed by atoms with E-state index in [0.29, 0.717) is 31.5 Å². The van der Waals surface area contributed by atoms with Crippen molar-refractivity contribution in [3.8, 4) is 11.1 Å². The first-order valence-electron chi connectivity index (χ1n) is 13.5. The van der Waals surface area contributed by atoms with Crippen LogP contribution in [0.1, 0.15) is 35.2 Å². The van der Waals surface area contributed by atoms with E-state index in [2.05, 4.69) is 5.32 Å². The van der Waals surface area contributed by atoms with Crippen LogP contribution in [-0.4, -0.2) is 68.9 Å². The average molecular weight is 554 g/mol. The lowest BCUT2D eigenvalue weighted by atomic mass is 9.77. The van der Waals surface area contributed by atoms with Crippen LogP contribution in [0.25, 0.3) is 11.1 Å². The molecule has 9 nitrogen and oxygen atoms in total. The van der Waals surface area contributed by atoms with Crippen LogP contribution in [0.3, 0.4) is 0 Å². The Kier molecular flexibility index (Phi) is 7.87. The SMILES string of the molecule is O=C(O)CNC(=O)C1=C(O)CC2(CCN(C(=O)c3ccccc3)CC2)N(Cc2ccc(-c3ccccc3)cc2)C1=O. The molecule has 0 atom stereocenters.